The minimum atomic E-state index is -0.203. The summed E-state index contributed by atoms with van der Waals surface area (Å²) in [6.07, 6.45) is 11.0. The zero-order valence-electron chi connectivity index (χ0n) is 16.6. The lowest BCUT2D eigenvalue weighted by Crippen LogP contribution is -2.20. The molecule has 0 saturated carbocycles. The second kappa shape index (κ2) is 7.55. The zero-order valence-corrected chi connectivity index (χ0v) is 16.6. The number of pyridine rings is 3. The number of hydrogen-bond donors (Lipinski definition) is 1. The Bertz CT molecular complexity index is 1230. The summed E-state index contributed by atoms with van der Waals surface area (Å²) >= 11 is 0. The maximum atomic E-state index is 12.8. The first-order chi connectivity index (χ1) is 14.7. The summed E-state index contributed by atoms with van der Waals surface area (Å²) in [5.74, 6) is 1.14. The van der Waals surface area contributed by atoms with E-state index in [1.54, 1.807) is 37.2 Å². The molecular formula is C22H21N7O. The van der Waals surface area contributed by atoms with E-state index in [2.05, 4.69) is 30.2 Å². The Morgan fingerprint density at radius 2 is 1.83 bits per heavy atom. The molecule has 0 aromatic carbocycles. The summed E-state index contributed by atoms with van der Waals surface area (Å²) in [5, 5.41) is 4.74. The molecular weight excluding hydrogens is 378 g/mol. The molecule has 30 heavy (non-hydrogen) atoms. The highest BCUT2D eigenvalue weighted by atomic mass is 16.1. The molecule has 0 bridgehead atoms. The monoisotopic (exact) mass is 399 g/mol. The van der Waals surface area contributed by atoms with Crippen molar-refractivity contribution in [2.75, 3.05) is 23.3 Å². The van der Waals surface area contributed by atoms with Crippen LogP contribution in [-0.4, -0.2) is 43.5 Å². The largest absolute Gasteiger partial charge is 0.357 e. The molecule has 1 saturated heterocycles. The Balaban J connectivity index is 1.40. The summed E-state index contributed by atoms with van der Waals surface area (Å²) < 4.78 is 1.92. The van der Waals surface area contributed by atoms with E-state index >= 15 is 0 Å². The number of carbonyl (C=O) groups is 1. The topological polar surface area (TPSA) is 88.8 Å². The van der Waals surface area contributed by atoms with Crippen LogP contribution in [0.25, 0.3) is 22.2 Å². The summed E-state index contributed by atoms with van der Waals surface area (Å²) in [6.45, 7) is 1.97. The Morgan fingerprint density at radius 3 is 2.63 bits per heavy atom. The fraction of sp³-hybridized carbons (Fsp3) is 0.227. The number of nitrogens with one attached hydrogen (secondary N) is 1. The number of imidazole rings is 1. The quantitative estimate of drug-likeness (QED) is 0.567. The Kier molecular flexibility index (Phi) is 4.59. The van der Waals surface area contributed by atoms with E-state index in [1.807, 2.05) is 29.8 Å². The van der Waals surface area contributed by atoms with Crippen molar-refractivity contribution < 1.29 is 4.79 Å². The molecule has 1 fully saturated rings. The molecule has 1 aliphatic heterocycles. The van der Waals surface area contributed by atoms with Gasteiger partial charge in [0.25, 0.3) is 5.91 Å². The van der Waals surface area contributed by atoms with Crippen LogP contribution in [0.3, 0.4) is 0 Å². The molecule has 8 heteroatoms. The highest BCUT2D eigenvalue weighted by Crippen LogP contribution is 2.23. The van der Waals surface area contributed by atoms with Gasteiger partial charge in [0.05, 0.1) is 23.9 Å². The Morgan fingerprint density at radius 1 is 1.00 bits per heavy atom. The lowest BCUT2D eigenvalue weighted by atomic mass is 10.1. The van der Waals surface area contributed by atoms with Crippen LogP contribution in [0.4, 0.5) is 11.6 Å². The lowest BCUT2D eigenvalue weighted by Gasteiger charge is -2.16. The van der Waals surface area contributed by atoms with Crippen molar-refractivity contribution in [3.05, 3.63) is 60.9 Å². The van der Waals surface area contributed by atoms with E-state index in [-0.39, 0.29) is 5.91 Å². The van der Waals surface area contributed by atoms with E-state index in [4.69, 9.17) is 0 Å². The SMILES string of the molecule is Cn1cncc1-c1cc2cc(NC(=O)c3ccnc(N4CCCC4)c3)ncc2cn1. The second-order valence-electron chi connectivity index (χ2n) is 7.43. The van der Waals surface area contributed by atoms with Crippen molar-refractivity contribution in [2.24, 2.45) is 7.05 Å². The molecule has 0 atom stereocenters. The fourth-order valence-electron chi connectivity index (χ4n) is 3.72. The maximum absolute atomic E-state index is 12.8. The van der Waals surface area contributed by atoms with E-state index < -0.39 is 0 Å². The molecule has 0 spiro atoms. The van der Waals surface area contributed by atoms with Crippen LogP contribution in [0, 0.1) is 0 Å². The third kappa shape index (κ3) is 3.47. The predicted octanol–water partition coefficient (Wildman–Crippen LogP) is 3.28. The summed E-state index contributed by atoms with van der Waals surface area (Å²) in [6, 6.07) is 7.39. The molecule has 8 nitrogen and oxygen atoms in total. The van der Waals surface area contributed by atoms with Crippen LogP contribution in [0.5, 0.6) is 0 Å². The molecule has 4 aromatic rings. The van der Waals surface area contributed by atoms with Crippen molar-refractivity contribution in [1.29, 1.82) is 0 Å². The number of aryl methyl sites for hydroxylation is 1. The van der Waals surface area contributed by atoms with Crippen LogP contribution in [-0.2, 0) is 7.05 Å². The molecule has 0 unspecified atom stereocenters. The van der Waals surface area contributed by atoms with E-state index in [1.165, 1.54) is 0 Å². The average molecular weight is 399 g/mol. The number of aromatic nitrogens is 5. The highest BCUT2D eigenvalue weighted by Gasteiger charge is 2.16. The van der Waals surface area contributed by atoms with Gasteiger partial charge in [0.15, 0.2) is 0 Å². The van der Waals surface area contributed by atoms with Gasteiger partial charge in [-0.1, -0.05) is 0 Å². The fourth-order valence-corrected chi connectivity index (χ4v) is 3.72. The van der Waals surface area contributed by atoms with Crippen LogP contribution in [0.1, 0.15) is 23.2 Å². The molecule has 1 amide bonds. The minimum absolute atomic E-state index is 0.203. The first-order valence-electron chi connectivity index (χ1n) is 9.92. The molecule has 5 heterocycles. The standard InChI is InChI=1S/C22H21N7O/c1-28-14-23-13-19(28)18-8-16-9-20(26-12-17(16)11-25-18)27-22(30)15-4-5-24-21(10-15)29-6-2-3-7-29/h4-5,8-14H,2-3,6-7H2,1H3,(H,26,27,30). The lowest BCUT2D eigenvalue weighted by molar-refractivity contribution is 0.102. The number of fused-ring (bicyclic) bond motifs is 1. The number of hydrogen-bond acceptors (Lipinski definition) is 6. The third-order valence-corrected chi connectivity index (χ3v) is 5.36. The van der Waals surface area contributed by atoms with Crippen molar-refractivity contribution in [3.8, 4) is 11.4 Å². The third-order valence-electron chi connectivity index (χ3n) is 5.36. The van der Waals surface area contributed by atoms with E-state index in [9.17, 15) is 4.79 Å². The van der Waals surface area contributed by atoms with Crippen molar-refractivity contribution in [2.45, 2.75) is 12.8 Å². The molecule has 1 N–H and O–H groups in total. The van der Waals surface area contributed by atoms with Crippen LogP contribution in [0.2, 0.25) is 0 Å². The zero-order chi connectivity index (χ0) is 20.5. The van der Waals surface area contributed by atoms with Gasteiger partial charge in [-0.05, 0) is 42.5 Å². The smallest absolute Gasteiger partial charge is 0.257 e. The number of anilines is 2. The average Bonchev–Trinajstić information content (AvgIpc) is 3.45. The van der Waals surface area contributed by atoms with Gasteiger partial charge in [-0.3, -0.25) is 9.78 Å². The van der Waals surface area contributed by atoms with E-state index in [0.29, 0.717) is 11.4 Å². The number of rotatable bonds is 4. The van der Waals surface area contributed by atoms with Crippen molar-refractivity contribution >= 4 is 28.3 Å². The number of carbonyl (C=O) groups excluding carboxylic acids is 1. The number of amides is 1. The molecule has 5 rings (SSSR count). The van der Waals surface area contributed by atoms with Gasteiger partial charge < -0.3 is 14.8 Å². The summed E-state index contributed by atoms with van der Waals surface area (Å²) in [5.41, 5.74) is 2.31. The van der Waals surface area contributed by atoms with Gasteiger partial charge in [-0.15, -0.1) is 0 Å². The van der Waals surface area contributed by atoms with Gasteiger partial charge in [0, 0.05) is 49.7 Å². The van der Waals surface area contributed by atoms with E-state index in [0.717, 1.165) is 53.9 Å². The van der Waals surface area contributed by atoms with Gasteiger partial charge in [-0.25, -0.2) is 15.0 Å². The molecule has 4 aromatic heterocycles. The van der Waals surface area contributed by atoms with Gasteiger partial charge in [0.2, 0.25) is 0 Å². The molecule has 0 radical (unpaired) electrons. The predicted molar refractivity (Wildman–Crippen MR) is 115 cm³/mol. The first-order valence-corrected chi connectivity index (χ1v) is 9.92. The van der Waals surface area contributed by atoms with Crippen LogP contribution in [0.15, 0.2) is 55.4 Å². The van der Waals surface area contributed by atoms with Gasteiger partial charge in [0.1, 0.15) is 11.6 Å². The summed E-state index contributed by atoms with van der Waals surface area (Å²) in [7, 11) is 1.93. The number of nitrogens with zero attached hydrogens (tertiary/aromatic N) is 6. The van der Waals surface area contributed by atoms with Crippen LogP contribution >= 0.6 is 0 Å². The first kappa shape index (κ1) is 18.2. The highest BCUT2D eigenvalue weighted by molar-refractivity contribution is 6.05. The van der Waals surface area contributed by atoms with Crippen molar-refractivity contribution in [3.63, 3.8) is 0 Å². The maximum Gasteiger partial charge on any atom is 0.257 e. The van der Waals surface area contributed by atoms with Crippen LogP contribution < -0.4 is 10.2 Å². The normalized spacial score (nSPS) is 13.7. The Labute approximate surface area is 173 Å². The molecule has 0 aliphatic carbocycles. The molecule has 1 aliphatic rings. The van der Waals surface area contributed by atoms with Crippen molar-refractivity contribution in [1.82, 2.24) is 24.5 Å². The second-order valence-corrected chi connectivity index (χ2v) is 7.43. The molecule has 150 valence electrons. The van der Waals surface area contributed by atoms with Gasteiger partial charge >= 0.3 is 0 Å². The summed E-state index contributed by atoms with van der Waals surface area (Å²) in [4.78, 5) is 32.4. The van der Waals surface area contributed by atoms with Gasteiger partial charge in [-0.2, -0.15) is 0 Å². The Hall–Kier alpha value is -3.81. The minimum Gasteiger partial charge on any atom is -0.357 e.